The van der Waals surface area contributed by atoms with E-state index in [0.717, 1.165) is 4.90 Å². The van der Waals surface area contributed by atoms with Crippen LogP contribution in [0.1, 0.15) is 36.5 Å². The van der Waals surface area contributed by atoms with Crippen LogP contribution < -0.4 is 4.90 Å². The molecule has 1 aromatic rings. The van der Waals surface area contributed by atoms with E-state index < -0.39 is 17.8 Å². The molecule has 3 rings (SSSR count). The molecule has 0 aliphatic carbocycles. The maximum Gasteiger partial charge on any atom is 0.363 e. The second-order valence-electron chi connectivity index (χ2n) is 5.68. The SMILES string of the molecule is CC1CC(=O)N(c2ccc(C(=O)ON3C(=O)CCC3=O)cc2)C1=O. The molecule has 8 heteroatoms. The van der Waals surface area contributed by atoms with E-state index in [-0.39, 0.29) is 42.6 Å². The number of amides is 4. The number of benzene rings is 1. The van der Waals surface area contributed by atoms with E-state index in [9.17, 15) is 24.0 Å². The molecular formula is C16H14N2O6. The van der Waals surface area contributed by atoms with Crippen molar-refractivity contribution in [2.24, 2.45) is 5.92 Å². The second kappa shape index (κ2) is 5.88. The average Bonchev–Trinajstić information content (AvgIpc) is 3.00. The van der Waals surface area contributed by atoms with Gasteiger partial charge in [0.2, 0.25) is 11.8 Å². The third-order valence-electron chi connectivity index (χ3n) is 3.91. The van der Waals surface area contributed by atoms with Gasteiger partial charge in [-0.1, -0.05) is 6.92 Å². The Morgan fingerprint density at radius 2 is 1.58 bits per heavy atom. The highest BCUT2D eigenvalue weighted by atomic mass is 16.7. The Bertz CT molecular complexity index is 738. The van der Waals surface area contributed by atoms with Crippen LogP contribution in [0.4, 0.5) is 5.69 Å². The van der Waals surface area contributed by atoms with Crippen molar-refractivity contribution >= 4 is 35.3 Å². The van der Waals surface area contributed by atoms with E-state index in [2.05, 4.69) is 0 Å². The van der Waals surface area contributed by atoms with Crippen molar-refractivity contribution < 1.29 is 28.8 Å². The molecule has 8 nitrogen and oxygen atoms in total. The average molecular weight is 330 g/mol. The van der Waals surface area contributed by atoms with Crippen molar-refractivity contribution in [3.8, 4) is 0 Å². The predicted octanol–water partition coefficient (Wildman–Crippen LogP) is 0.807. The van der Waals surface area contributed by atoms with E-state index >= 15 is 0 Å². The fourth-order valence-electron chi connectivity index (χ4n) is 2.60. The Morgan fingerprint density at radius 3 is 2.08 bits per heavy atom. The molecule has 2 aliphatic heterocycles. The summed E-state index contributed by atoms with van der Waals surface area (Å²) in [5.41, 5.74) is 0.456. The Labute approximate surface area is 136 Å². The Kier molecular flexibility index (Phi) is 3.88. The summed E-state index contributed by atoms with van der Waals surface area (Å²) < 4.78 is 0. The maximum absolute atomic E-state index is 12.0. The van der Waals surface area contributed by atoms with Crippen LogP contribution in [0, 0.1) is 5.92 Å². The lowest BCUT2D eigenvalue weighted by molar-refractivity contribution is -0.172. The van der Waals surface area contributed by atoms with Crippen molar-refractivity contribution in [3.63, 3.8) is 0 Å². The van der Waals surface area contributed by atoms with Crippen LogP contribution in [0.3, 0.4) is 0 Å². The molecule has 1 unspecified atom stereocenters. The van der Waals surface area contributed by atoms with Gasteiger partial charge >= 0.3 is 5.97 Å². The smallest absolute Gasteiger partial charge is 0.325 e. The maximum atomic E-state index is 12.0. The van der Waals surface area contributed by atoms with Crippen molar-refractivity contribution in [3.05, 3.63) is 29.8 Å². The van der Waals surface area contributed by atoms with Crippen LogP contribution in [-0.2, 0) is 24.0 Å². The van der Waals surface area contributed by atoms with Gasteiger partial charge in [0.05, 0.1) is 11.3 Å². The Balaban J connectivity index is 1.74. The van der Waals surface area contributed by atoms with E-state index in [0.29, 0.717) is 10.8 Å². The molecule has 2 aliphatic rings. The molecular weight excluding hydrogens is 316 g/mol. The van der Waals surface area contributed by atoms with Gasteiger partial charge in [-0.2, -0.15) is 0 Å². The number of carbonyl (C=O) groups is 5. The number of nitrogens with zero attached hydrogens (tertiary/aromatic N) is 2. The molecule has 24 heavy (non-hydrogen) atoms. The Morgan fingerprint density at radius 1 is 1.00 bits per heavy atom. The summed E-state index contributed by atoms with van der Waals surface area (Å²) in [5.74, 6) is -2.94. The lowest BCUT2D eigenvalue weighted by Crippen LogP contribution is -2.32. The molecule has 1 atom stereocenters. The third kappa shape index (κ3) is 2.66. The highest BCUT2D eigenvalue weighted by Gasteiger charge is 2.37. The van der Waals surface area contributed by atoms with Gasteiger partial charge in [0.1, 0.15) is 0 Å². The zero-order valence-electron chi connectivity index (χ0n) is 12.9. The summed E-state index contributed by atoms with van der Waals surface area (Å²) >= 11 is 0. The van der Waals surface area contributed by atoms with Crippen molar-refractivity contribution in [1.29, 1.82) is 0 Å². The lowest BCUT2D eigenvalue weighted by atomic mass is 10.1. The largest absolute Gasteiger partial charge is 0.363 e. The summed E-state index contributed by atoms with van der Waals surface area (Å²) in [6, 6.07) is 5.62. The van der Waals surface area contributed by atoms with E-state index in [1.807, 2.05) is 0 Å². The van der Waals surface area contributed by atoms with Gasteiger partial charge in [0, 0.05) is 25.2 Å². The van der Waals surface area contributed by atoms with E-state index in [1.54, 1.807) is 6.92 Å². The molecule has 2 saturated heterocycles. The molecule has 0 radical (unpaired) electrons. The molecule has 0 saturated carbocycles. The monoisotopic (exact) mass is 330 g/mol. The molecule has 1 aromatic carbocycles. The van der Waals surface area contributed by atoms with Crippen LogP contribution in [0.25, 0.3) is 0 Å². The summed E-state index contributed by atoms with van der Waals surface area (Å²) in [7, 11) is 0. The number of anilines is 1. The minimum absolute atomic E-state index is 0.0163. The highest BCUT2D eigenvalue weighted by molar-refractivity contribution is 6.20. The van der Waals surface area contributed by atoms with Gasteiger partial charge in [0.25, 0.3) is 11.8 Å². The second-order valence-corrected chi connectivity index (χ2v) is 5.68. The molecule has 2 fully saturated rings. The van der Waals surface area contributed by atoms with Crippen LogP contribution in [0.5, 0.6) is 0 Å². The molecule has 2 heterocycles. The summed E-state index contributed by atoms with van der Waals surface area (Å²) in [5, 5.41) is 0.464. The van der Waals surface area contributed by atoms with Gasteiger partial charge in [-0.05, 0) is 24.3 Å². The van der Waals surface area contributed by atoms with Crippen molar-refractivity contribution in [1.82, 2.24) is 5.06 Å². The molecule has 124 valence electrons. The molecule has 0 spiro atoms. The fraction of sp³-hybridized carbons (Fsp3) is 0.312. The van der Waals surface area contributed by atoms with Crippen LogP contribution in [0.15, 0.2) is 24.3 Å². The first-order chi connectivity index (χ1) is 11.4. The van der Waals surface area contributed by atoms with Gasteiger partial charge in [-0.15, -0.1) is 5.06 Å². The fourth-order valence-corrected chi connectivity index (χ4v) is 2.60. The standard InChI is InChI=1S/C16H14N2O6/c1-9-8-14(21)17(15(9)22)11-4-2-10(3-5-11)16(23)24-18-12(19)6-7-13(18)20/h2-5,9H,6-8H2,1H3. The van der Waals surface area contributed by atoms with Crippen LogP contribution >= 0.6 is 0 Å². The number of hydrogen-bond acceptors (Lipinski definition) is 6. The number of hydroxylamine groups is 2. The first-order valence-corrected chi connectivity index (χ1v) is 7.43. The molecule has 4 amide bonds. The zero-order chi connectivity index (χ0) is 17.4. The summed E-state index contributed by atoms with van der Waals surface area (Å²) in [6.45, 7) is 1.68. The van der Waals surface area contributed by atoms with E-state index in [4.69, 9.17) is 4.84 Å². The molecule has 0 N–H and O–H groups in total. The van der Waals surface area contributed by atoms with Gasteiger partial charge in [-0.3, -0.25) is 24.1 Å². The number of imide groups is 2. The van der Waals surface area contributed by atoms with Crippen LogP contribution in [0.2, 0.25) is 0 Å². The van der Waals surface area contributed by atoms with Crippen molar-refractivity contribution in [2.45, 2.75) is 26.2 Å². The number of hydrogen-bond donors (Lipinski definition) is 0. The van der Waals surface area contributed by atoms with E-state index in [1.165, 1.54) is 24.3 Å². The topological polar surface area (TPSA) is 101 Å². The number of carbonyl (C=O) groups excluding carboxylic acids is 5. The van der Waals surface area contributed by atoms with Gasteiger partial charge < -0.3 is 4.84 Å². The third-order valence-corrected chi connectivity index (χ3v) is 3.91. The van der Waals surface area contributed by atoms with Crippen LogP contribution in [-0.4, -0.2) is 34.7 Å². The van der Waals surface area contributed by atoms with Crippen molar-refractivity contribution in [2.75, 3.05) is 4.90 Å². The Hall–Kier alpha value is -3.03. The lowest BCUT2D eigenvalue weighted by Gasteiger charge is -2.15. The number of rotatable bonds is 3. The summed E-state index contributed by atoms with van der Waals surface area (Å²) in [4.78, 5) is 64.5. The minimum atomic E-state index is -0.863. The molecule has 0 aromatic heterocycles. The van der Waals surface area contributed by atoms with Gasteiger partial charge in [0.15, 0.2) is 0 Å². The van der Waals surface area contributed by atoms with Gasteiger partial charge in [-0.25, -0.2) is 4.79 Å². The molecule has 0 bridgehead atoms. The highest BCUT2D eigenvalue weighted by Crippen LogP contribution is 2.26. The first-order valence-electron chi connectivity index (χ1n) is 7.43. The zero-order valence-corrected chi connectivity index (χ0v) is 12.9. The predicted molar refractivity (Wildman–Crippen MR) is 79.2 cm³/mol. The minimum Gasteiger partial charge on any atom is -0.325 e. The summed E-state index contributed by atoms with van der Waals surface area (Å²) in [6.07, 6.45) is 0.187. The normalized spacial score (nSPS) is 21.0. The quantitative estimate of drug-likeness (QED) is 0.760. The first kappa shape index (κ1) is 15.9.